The van der Waals surface area contributed by atoms with Gasteiger partial charge in [-0.2, -0.15) is 0 Å². The first kappa shape index (κ1) is 11.0. The Hall–Kier alpha value is -2.13. The minimum Gasteiger partial charge on any atom is -0.396 e. The van der Waals surface area contributed by atoms with Crippen LogP contribution >= 0.6 is 0 Å². The normalized spacial score (nSPS) is 10.9. The van der Waals surface area contributed by atoms with Crippen LogP contribution in [0.5, 0.6) is 0 Å². The highest BCUT2D eigenvalue weighted by Gasteiger charge is 2.12. The number of aromatic amines is 1. The molecular formula is C15H14N2O. The second kappa shape index (κ2) is 4.63. The summed E-state index contributed by atoms with van der Waals surface area (Å²) in [6.07, 6.45) is 4.25. The highest BCUT2D eigenvalue weighted by atomic mass is 16.2. The monoisotopic (exact) mass is 238 g/mol. The van der Waals surface area contributed by atoms with Gasteiger partial charge >= 0.3 is 0 Å². The van der Waals surface area contributed by atoms with Crippen LogP contribution in [0.1, 0.15) is 5.56 Å². The van der Waals surface area contributed by atoms with Crippen LogP contribution in [-0.4, -0.2) is 21.7 Å². The second-order valence-electron chi connectivity index (χ2n) is 4.24. The minimum atomic E-state index is 0.148. The van der Waals surface area contributed by atoms with Crippen molar-refractivity contribution in [3.8, 4) is 11.3 Å². The topological polar surface area (TPSA) is 48.9 Å². The highest BCUT2D eigenvalue weighted by molar-refractivity contribution is 5.90. The van der Waals surface area contributed by atoms with E-state index in [1.54, 1.807) is 6.20 Å². The summed E-state index contributed by atoms with van der Waals surface area (Å²) in [4.78, 5) is 7.56. The molecule has 2 N–H and O–H groups in total. The van der Waals surface area contributed by atoms with Gasteiger partial charge in [0.25, 0.3) is 0 Å². The van der Waals surface area contributed by atoms with Gasteiger partial charge in [-0.25, -0.2) is 0 Å². The van der Waals surface area contributed by atoms with Gasteiger partial charge in [-0.05, 0) is 30.2 Å². The SMILES string of the molecule is OCCc1c(-c2cccnc2)[nH]c2ccccc12. The lowest BCUT2D eigenvalue weighted by Crippen LogP contribution is -1.92. The van der Waals surface area contributed by atoms with Gasteiger partial charge in [0, 0.05) is 35.5 Å². The first-order chi connectivity index (χ1) is 8.90. The highest BCUT2D eigenvalue weighted by Crippen LogP contribution is 2.30. The van der Waals surface area contributed by atoms with E-state index in [4.69, 9.17) is 0 Å². The van der Waals surface area contributed by atoms with Crippen LogP contribution in [0, 0.1) is 0 Å². The number of para-hydroxylation sites is 1. The molecule has 0 saturated carbocycles. The molecule has 0 atom stereocenters. The predicted octanol–water partition coefficient (Wildman–Crippen LogP) is 2.76. The van der Waals surface area contributed by atoms with Gasteiger partial charge in [-0.15, -0.1) is 0 Å². The molecule has 0 aliphatic carbocycles. The number of nitrogens with zero attached hydrogens (tertiary/aromatic N) is 1. The van der Waals surface area contributed by atoms with Gasteiger partial charge in [0.05, 0.1) is 5.69 Å². The van der Waals surface area contributed by atoms with Crippen LogP contribution in [0.3, 0.4) is 0 Å². The predicted molar refractivity (Wildman–Crippen MR) is 72.3 cm³/mol. The molecule has 0 aliphatic heterocycles. The summed E-state index contributed by atoms with van der Waals surface area (Å²) in [5, 5.41) is 10.4. The van der Waals surface area contributed by atoms with Crippen molar-refractivity contribution in [2.24, 2.45) is 0 Å². The molecule has 3 rings (SSSR count). The molecular weight excluding hydrogens is 224 g/mol. The molecule has 0 amide bonds. The number of benzene rings is 1. The molecule has 0 aliphatic rings. The van der Waals surface area contributed by atoms with Crippen molar-refractivity contribution in [1.29, 1.82) is 0 Å². The van der Waals surface area contributed by atoms with Gasteiger partial charge in [0.2, 0.25) is 0 Å². The van der Waals surface area contributed by atoms with Crippen LogP contribution in [0.4, 0.5) is 0 Å². The molecule has 90 valence electrons. The lowest BCUT2D eigenvalue weighted by Gasteiger charge is -2.02. The number of pyridine rings is 1. The van der Waals surface area contributed by atoms with Crippen LogP contribution in [-0.2, 0) is 6.42 Å². The summed E-state index contributed by atoms with van der Waals surface area (Å²) in [6.45, 7) is 0.148. The number of rotatable bonds is 3. The van der Waals surface area contributed by atoms with E-state index in [9.17, 15) is 5.11 Å². The van der Waals surface area contributed by atoms with Crippen molar-refractivity contribution in [1.82, 2.24) is 9.97 Å². The maximum absolute atomic E-state index is 9.24. The molecule has 3 heteroatoms. The minimum absolute atomic E-state index is 0.148. The molecule has 0 bridgehead atoms. The van der Waals surface area contributed by atoms with E-state index >= 15 is 0 Å². The van der Waals surface area contributed by atoms with Crippen LogP contribution in [0.2, 0.25) is 0 Å². The molecule has 3 nitrogen and oxygen atoms in total. The van der Waals surface area contributed by atoms with Gasteiger partial charge in [0.1, 0.15) is 0 Å². The number of hydrogen-bond donors (Lipinski definition) is 2. The zero-order chi connectivity index (χ0) is 12.4. The van der Waals surface area contributed by atoms with E-state index < -0.39 is 0 Å². The van der Waals surface area contributed by atoms with E-state index in [1.807, 2.05) is 30.5 Å². The molecule has 3 aromatic rings. The third-order valence-corrected chi connectivity index (χ3v) is 3.13. The fourth-order valence-electron chi connectivity index (χ4n) is 2.33. The molecule has 18 heavy (non-hydrogen) atoms. The Morgan fingerprint density at radius 2 is 2.00 bits per heavy atom. The maximum Gasteiger partial charge on any atom is 0.0513 e. The number of H-pyrrole nitrogens is 1. The van der Waals surface area contributed by atoms with E-state index in [0.717, 1.165) is 22.3 Å². The quantitative estimate of drug-likeness (QED) is 0.737. The molecule has 0 unspecified atom stereocenters. The van der Waals surface area contributed by atoms with Crippen LogP contribution < -0.4 is 0 Å². The summed E-state index contributed by atoms with van der Waals surface area (Å²) in [7, 11) is 0. The molecule has 0 fully saturated rings. The summed E-state index contributed by atoms with van der Waals surface area (Å²) < 4.78 is 0. The molecule has 1 aromatic carbocycles. The van der Waals surface area contributed by atoms with E-state index in [0.29, 0.717) is 6.42 Å². The Bertz CT molecular complexity index is 659. The fraction of sp³-hybridized carbons (Fsp3) is 0.133. The molecule has 0 spiro atoms. The lowest BCUT2D eigenvalue weighted by atomic mass is 10.0. The molecule has 2 heterocycles. The second-order valence-corrected chi connectivity index (χ2v) is 4.24. The van der Waals surface area contributed by atoms with Gasteiger partial charge < -0.3 is 10.1 Å². The smallest absolute Gasteiger partial charge is 0.0513 e. The number of aromatic nitrogens is 2. The van der Waals surface area contributed by atoms with Crippen molar-refractivity contribution in [3.63, 3.8) is 0 Å². The summed E-state index contributed by atoms with van der Waals surface area (Å²) in [5.41, 5.74) is 4.36. The fourth-order valence-corrected chi connectivity index (χ4v) is 2.33. The van der Waals surface area contributed by atoms with Gasteiger partial charge in [-0.3, -0.25) is 4.98 Å². The van der Waals surface area contributed by atoms with Crippen molar-refractivity contribution >= 4 is 10.9 Å². The standard InChI is InChI=1S/C15H14N2O/c18-9-7-13-12-5-1-2-6-14(12)17-15(13)11-4-3-8-16-10-11/h1-6,8,10,17-18H,7,9H2. The van der Waals surface area contributed by atoms with Gasteiger partial charge in [-0.1, -0.05) is 18.2 Å². The lowest BCUT2D eigenvalue weighted by molar-refractivity contribution is 0.300. The van der Waals surface area contributed by atoms with Crippen molar-refractivity contribution in [2.45, 2.75) is 6.42 Å². The number of fused-ring (bicyclic) bond motifs is 1. The largest absolute Gasteiger partial charge is 0.396 e. The average molecular weight is 238 g/mol. The van der Waals surface area contributed by atoms with Crippen molar-refractivity contribution in [2.75, 3.05) is 6.61 Å². The van der Waals surface area contributed by atoms with E-state index in [1.165, 1.54) is 5.39 Å². The van der Waals surface area contributed by atoms with Crippen molar-refractivity contribution < 1.29 is 5.11 Å². The first-order valence-electron chi connectivity index (χ1n) is 6.01. The zero-order valence-corrected chi connectivity index (χ0v) is 9.93. The van der Waals surface area contributed by atoms with Crippen LogP contribution in [0.15, 0.2) is 48.8 Å². The summed E-state index contributed by atoms with van der Waals surface area (Å²) in [5.74, 6) is 0. The molecule has 0 radical (unpaired) electrons. The Morgan fingerprint density at radius 1 is 1.11 bits per heavy atom. The summed E-state index contributed by atoms with van der Waals surface area (Å²) >= 11 is 0. The maximum atomic E-state index is 9.24. The van der Waals surface area contributed by atoms with Crippen molar-refractivity contribution in [3.05, 3.63) is 54.4 Å². The zero-order valence-electron chi connectivity index (χ0n) is 9.93. The van der Waals surface area contributed by atoms with Crippen LogP contribution in [0.25, 0.3) is 22.2 Å². The third-order valence-electron chi connectivity index (χ3n) is 3.13. The Labute approximate surface area is 105 Å². The number of aliphatic hydroxyl groups excluding tert-OH is 1. The Morgan fingerprint density at radius 3 is 2.78 bits per heavy atom. The average Bonchev–Trinajstić information content (AvgIpc) is 2.80. The molecule has 2 aromatic heterocycles. The molecule has 0 saturated heterocycles. The number of nitrogens with one attached hydrogen (secondary N) is 1. The Balaban J connectivity index is 2.25. The van der Waals surface area contributed by atoms with E-state index in [-0.39, 0.29) is 6.61 Å². The summed E-state index contributed by atoms with van der Waals surface area (Å²) in [6, 6.07) is 12.1. The van der Waals surface area contributed by atoms with E-state index in [2.05, 4.69) is 22.1 Å². The number of aliphatic hydroxyl groups is 1. The third kappa shape index (κ3) is 1.79. The first-order valence-corrected chi connectivity index (χ1v) is 6.01. The van der Waals surface area contributed by atoms with Gasteiger partial charge in [0.15, 0.2) is 0 Å². The Kier molecular flexibility index (Phi) is 2.82. The number of hydrogen-bond acceptors (Lipinski definition) is 2.